The highest BCUT2D eigenvalue weighted by Crippen LogP contribution is 2.57. The maximum absolute atomic E-state index is 12.5. The van der Waals surface area contributed by atoms with Crippen molar-refractivity contribution in [1.82, 2.24) is 19.5 Å². The van der Waals surface area contributed by atoms with Crippen molar-refractivity contribution in [1.29, 1.82) is 0 Å². The van der Waals surface area contributed by atoms with Gasteiger partial charge in [-0.25, -0.2) is 19.7 Å². The van der Waals surface area contributed by atoms with E-state index in [1.807, 2.05) is 7.05 Å². The van der Waals surface area contributed by atoms with Gasteiger partial charge in [-0.05, 0) is 55.3 Å². The van der Waals surface area contributed by atoms with Crippen LogP contribution in [0, 0.1) is 29.6 Å². The molecule has 0 saturated heterocycles. The minimum Gasteiger partial charge on any atom is -0.449 e. The molecule has 0 radical (unpaired) electrons. The molecule has 0 bridgehead atoms. The van der Waals surface area contributed by atoms with Gasteiger partial charge >= 0.3 is 6.09 Å². The first-order valence-corrected chi connectivity index (χ1v) is 10.8. The molecule has 3 aliphatic carbocycles. The lowest BCUT2D eigenvalue weighted by atomic mass is 9.73. The van der Waals surface area contributed by atoms with Crippen molar-refractivity contribution >= 4 is 23.1 Å². The van der Waals surface area contributed by atoms with Crippen LogP contribution >= 0.6 is 0 Å². The van der Waals surface area contributed by atoms with Gasteiger partial charge in [0.1, 0.15) is 6.33 Å². The molecule has 4 unspecified atom stereocenters. The second kappa shape index (κ2) is 7.33. The number of amides is 1. The topological polar surface area (TPSA) is 81.9 Å². The van der Waals surface area contributed by atoms with Gasteiger partial charge in [0.05, 0.1) is 12.9 Å². The highest BCUT2D eigenvalue weighted by Gasteiger charge is 2.51. The van der Waals surface area contributed by atoms with E-state index in [0.29, 0.717) is 29.5 Å². The van der Waals surface area contributed by atoms with Crippen molar-refractivity contribution < 1.29 is 9.53 Å². The number of nitrogens with one attached hydrogen (secondary N) is 1. The second-order valence-electron chi connectivity index (χ2n) is 8.86. The van der Waals surface area contributed by atoms with Crippen LogP contribution in [0.3, 0.4) is 0 Å². The van der Waals surface area contributed by atoms with Gasteiger partial charge in [-0.2, -0.15) is 0 Å². The van der Waals surface area contributed by atoms with E-state index in [0.717, 1.165) is 23.7 Å². The van der Waals surface area contributed by atoms with Gasteiger partial charge < -0.3 is 9.30 Å². The lowest BCUT2D eigenvalue weighted by molar-refractivity contribution is 0.0959. The summed E-state index contributed by atoms with van der Waals surface area (Å²) in [6.07, 6.45) is 13.5. The van der Waals surface area contributed by atoms with Crippen LogP contribution in [-0.2, 0) is 11.8 Å². The van der Waals surface area contributed by atoms with Crippen LogP contribution in [0.1, 0.15) is 51.4 Å². The number of ether oxygens (including phenoxy) is 1. The van der Waals surface area contributed by atoms with Crippen molar-refractivity contribution in [2.75, 3.05) is 11.9 Å². The van der Waals surface area contributed by atoms with Crippen LogP contribution < -0.4 is 5.32 Å². The zero-order valence-corrected chi connectivity index (χ0v) is 16.5. The second-order valence-corrected chi connectivity index (χ2v) is 8.86. The molecule has 1 amide bonds. The average Bonchev–Trinajstić information content (AvgIpc) is 3.26. The van der Waals surface area contributed by atoms with Crippen molar-refractivity contribution in [3.05, 3.63) is 12.7 Å². The molecule has 7 heteroatoms. The zero-order valence-electron chi connectivity index (χ0n) is 16.5. The first kappa shape index (κ1) is 17.9. The first-order chi connectivity index (χ1) is 13.7. The molecular formula is C21H29N5O2. The molecule has 0 aliphatic heterocycles. The highest BCUT2D eigenvalue weighted by atomic mass is 16.5. The molecule has 0 aromatic carbocycles. The SMILES string of the molecule is Cn1cnc2c(NC(=O)OCC3C4CCCCC4C4CCCCC43)ncnc21. The van der Waals surface area contributed by atoms with Gasteiger partial charge in [-0.3, -0.25) is 5.32 Å². The molecule has 2 aromatic rings. The minimum absolute atomic E-state index is 0.410. The summed E-state index contributed by atoms with van der Waals surface area (Å²) in [6.45, 7) is 0.532. The number of anilines is 1. The maximum atomic E-state index is 12.5. The standard InChI is InChI=1S/C21H29N5O2/c1-26-12-24-18-19(22-11-23-20(18)26)25-21(27)28-10-17-15-8-4-2-6-13(15)14-7-3-5-9-16(14)17/h11-17H,2-10H2,1H3,(H,22,23,25,27). The van der Waals surface area contributed by atoms with Gasteiger partial charge in [0, 0.05) is 7.05 Å². The Balaban J connectivity index is 1.26. The highest BCUT2D eigenvalue weighted by molar-refractivity contribution is 5.93. The van der Waals surface area contributed by atoms with Crippen LogP contribution in [0.15, 0.2) is 12.7 Å². The predicted molar refractivity (Wildman–Crippen MR) is 106 cm³/mol. The Hall–Kier alpha value is -2.18. The van der Waals surface area contributed by atoms with E-state index in [1.165, 1.54) is 57.7 Å². The van der Waals surface area contributed by atoms with Crippen LogP contribution in [0.4, 0.5) is 10.6 Å². The lowest BCUT2D eigenvalue weighted by Crippen LogP contribution is -2.28. The molecule has 3 fully saturated rings. The van der Waals surface area contributed by atoms with E-state index in [4.69, 9.17) is 4.74 Å². The fourth-order valence-corrected chi connectivity index (χ4v) is 6.41. The molecule has 7 nitrogen and oxygen atoms in total. The van der Waals surface area contributed by atoms with E-state index < -0.39 is 6.09 Å². The third-order valence-corrected chi connectivity index (χ3v) is 7.52. The first-order valence-electron chi connectivity index (χ1n) is 10.8. The summed E-state index contributed by atoms with van der Waals surface area (Å²) in [7, 11) is 1.87. The van der Waals surface area contributed by atoms with Crippen LogP contribution in [0.2, 0.25) is 0 Å². The number of nitrogens with zero attached hydrogens (tertiary/aromatic N) is 4. The molecular weight excluding hydrogens is 354 g/mol. The molecule has 4 atom stereocenters. The van der Waals surface area contributed by atoms with E-state index in [1.54, 1.807) is 10.9 Å². The van der Waals surface area contributed by atoms with E-state index in [2.05, 4.69) is 20.3 Å². The third kappa shape index (κ3) is 3.05. The third-order valence-electron chi connectivity index (χ3n) is 7.52. The van der Waals surface area contributed by atoms with E-state index >= 15 is 0 Å². The minimum atomic E-state index is -0.433. The van der Waals surface area contributed by atoms with Gasteiger partial charge in [0.25, 0.3) is 0 Å². The largest absolute Gasteiger partial charge is 0.449 e. The lowest BCUT2D eigenvalue weighted by Gasteiger charge is -2.32. The molecule has 3 aliphatic rings. The Morgan fingerprint density at radius 3 is 2.36 bits per heavy atom. The summed E-state index contributed by atoms with van der Waals surface area (Å²) < 4.78 is 7.54. The summed E-state index contributed by atoms with van der Waals surface area (Å²) in [6, 6.07) is 0. The average molecular weight is 383 g/mol. The Morgan fingerprint density at radius 2 is 1.68 bits per heavy atom. The fourth-order valence-electron chi connectivity index (χ4n) is 6.41. The molecule has 2 aromatic heterocycles. The Morgan fingerprint density at radius 1 is 1.04 bits per heavy atom. The number of carbonyl (C=O) groups is 1. The Kier molecular flexibility index (Phi) is 4.69. The fraction of sp³-hybridized carbons (Fsp3) is 0.714. The molecule has 3 saturated carbocycles. The zero-order chi connectivity index (χ0) is 19.1. The van der Waals surface area contributed by atoms with Gasteiger partial charge in [0.15, 0.2) is 17.0 Å². The molecule has 28 heavy (non-hydrogen) atoms. The Labute approximate surface area is 165 Å². The molecule has 150 valence electrons. The maximum Gasteiger partial charge on any atom is 0.412 e. The van der Waals surface area contributed by atoms with Gasteiger partial charge in [-0.15, -0.1) is 0 Å². The normalized spacial score (nSPS) is 32.0. The number of imidazole rings is 1. The quantitative estimate of drug-likeness (QED) is 0.861. The molecule has 1 N–H and O–H groups in total. The number of fused-ring (bicyclic) bond motifs is 4. The number of aryl methyl sites for hydroxylation is 1. The number of hydrogen-bond donors (Lipinski definition) is 1. The predicted octanol–water partition coefficient (Wildman–Crippen LogP) is 4.15. The van der Waals surface area contributed by atoms with Crippen molar-refractivity contribution in [2.24, 2.45) is 36.6 Å². The molecule has 2 heterocycles. The smallest absolute Gasteiger partial charge is 0.412 e. The molecule has 0 spiro atoms. The summed E-state index contributed by atoms with van der Waals surface area (Å²) in [5.74, 6) is 4.17. The van der Waals surface area contributed by atoms with Gasteiger partial charge in [0.2, 0.25) is 0 Å². The van der Waals surface area contributed by atoms with Gasteiger partial charge in [-0.1, -0.05) is 25.7 Å². The Bertz CT molecular complexity index is 844. The summed E-state index contributed by atoms with van der Waals surface area (Å²) in [5, 5.41) is 2.78. The number of carbonyl (C=O) groups excluding carboxylic acids is 1. The van der Waals surface area contributed by atoms with Crippen molar-refractivity contribution in [2.45, 2.75) is 51.4 Å². The van der Waals surface area contributed by atoms with E-state index in [9.17, 15) is 4.79 Å². The summed E-state index contributed by atoms with van der Waals surface area (Å²) in [5.41, 5.74) is 1.28. The summed E-state index contributed by atoms with van der Waals surface area (Å²) >= 11 is 0. The number of hydrogen-bond acceptors (Lipinski definition) is 5. The van der Waals surface area contributed by atoms with Crippen molar-refractivity contribution in [3.63, 3.8) is 0 Å². The molecule has 5 rings (SSSR count). The van der Waals surface area contributed by atoms with E-state index in [-0.39, 0.29) is 0 Å². The monoisotopic (exact) mass is 383 g/mol. The summed E-state index contributed by atoms with van der Waals surface area (Å²) in [4.78, 5) is 25.2. The van der Waals surface area contributed by atoms with Crippen LogP contribution in [-0.4, -0.2) is 32.2 Å². The number of aromatic nitrogens is 4. The van der Waals surface area contributed by atoms with Crippen LogP contribution in [0.5, 0.6) is 0 Å². The van der Waals surface area contributed by atoms with Crippen molar-refractivity contribution in [3.8, 4) is 0 Å². The number of rotatable bonds is 3. The van der Waals surface area contributed by atoms with Crippen LogP contribution in [0.25, 0.3) is 11.2 Å².